The van der Waals surface area contributed by atoms with Crippen molar-refractivity contribution in [3.8, 4) is 0 Å². The molecule has 2 aromatic heterocycles. The third kappa shape index (κ3) is 5.36. The lowest BCUT2D eigenvalue weighted by molar-refractivity contribution is -0.116. The number of carbonyl (C=O) groups is 1. The second-order valence-electron chi connectivity index (χ2n) is 7.33. The molecule has 1 aliphatic rings. The molecule has 7 nitrogen and oxygen atoms in total. The van der Waals surface area contributed by atoms with Crippen LogP contribution < -0.4 is 5.32 Å². The molecule has 140 valence electrons. The molecular weight excluding hydrogens is 330 g/mol. The van der Waals surface area contributed by atoms with E-state index < -0.39 is 0 Å². The first-order valence-electron chi connectivity index (χ1n) is 9.35. The van der Waals surface area contributed by atoms with Gasteiger partial charge in [-0.05, 0) is 37.4 Å². The van der Waals surface area contributed by atoms with Crippen molar-refractivity contribution in [3.63, 3.8) is 0 Å². The third-order valence-electron chi connectivity index (χ3n) is 4.53. The van der Waals surface area contributed by atoms with Gasteiger partial charge >= 0.3 is 0 Å². The highest BCUT2D eigenvalue weighted by Gasteiger charge is 2.26. The van der Waals surface area contributed by atoms with Gasteiger partial charge in [-0.1, -0.05) is 19.0 Å². The van der Waals surface area contributed by atoms with Crippen molar-refractivity contribution in [1.82, 2.24) is 20.0 Å². The summed E-state index contributed by atoms with van der Waals surface area (Å²) < 4.78 is 5.48. The fourth-order valence-corrected chi connectivity index (χ4v) is 3.26. The van der Waals surface area contributed by atoms with Crippen LogP contribution in [0.25, 0.3) is 0 Å². The van der Waals surface area contributed by atoms with Gasteiger partial charge in [0.15, 0.2) is 5.82 Å². The molecular formula is C19H27N5O2. The molecule has 26 heavy (non-hydrogen) atoms. The van der Waals surface area contributed by atoms with E-state index in [1.165, 1.54) is 0 Å². The second kappa shape index (κ2) is 8.89. The number of hydrogen-bond acceptors (Lipinski definition) is 6. The van der Waals surface area contributed by atoms with Gasteiger partial charge in [-0.15, -0.1) is 0 Å². The van der Waals surface area contributed by atoms with E-state index in [1.807, 2.05) is 12.1 Å². The number of aromatic nitrogens is 3. The summed E-state index contributed by atoms with van der Waals surface area (Å²) in [6.07, 6.45) is 6.78. The maximum Gasteiger partial charge on any atom is 0.231 e. The van der Waals surface area contributed by atoms with E-state index in [1.54, 1.807) is 12.4 Å². The van der Waals surface area contributed by atoms with E-state index >= 15 is 0 Å². The minimum Gasteiger partial charge on any atom is -0.339 e. The molecule has 0 spiro atoms. The number of amides is 1. The van der Waals surface area contributed by atoms with Crippen molar-refractivity contribution in [3.05, 3.63) is 36.2 Å². The zero-order chi connectivity index (χ0) is 18.4. The first-order valence-corrected chi connectivity index (χ1v) is 9.35. The Labute approximate surface area is 154 Å². The number of hydrogen-bond donors (Lipinski definition) is 1. The smallest absolute Gasteiger partial charge is 0.231 e. The Morgan fingerprint density at radius 1 is 1.46 bits per heavy atom. The van der Waals surface area contributed by atoms with E-state index in [9.17, 15) is 4.79 Å². The summed E-state index contributed by atoms with van der Waals surface area (Å²) >= 11 is 0. The average Bonchev–Trinajstić information content (AvgIpc) is 3.09. The number of nitrogens with zero attached hydrogens (tertiary/aromatic N) is 4. The van der Waals surface area contributed by atoms with Crippen molar-refractivity contribution in [1.29, 1.82) is 0 Å². The highest BCUT2D eigenvalue weighted by atomic mass is 16.5. The third-order valence-corrected chi connectivity index (χ3v) is 4.53. The minimum atomic E-state index is 0.0112. The molecule has 3 heterocycles. The normalized spacial score (nSPS) is 18.2. The molecule has 1 aliphatic heterocycles. The lowest BCUT2D eigenvalue weighted by Crippen LogP contribution is -2.36. The van der Waals surface area contributed by atoms with Crippen molar-refractivity contribution in [2.75, 3.05) is 25.0 Å². The van der Waals surface area contributed by atoms with Crippen LogP contribution in [0.2, 0.25) is 0 Å². The molecule has 0 aliphatic carbocycles. The summed E-state index contributed by atoms with van der Waals surface area (Å²) in [7, 11) is 0. The Hall–Kier alpha value is -2.28. The number of carbonyl (C=O) groups excluding carboxylic acids is 1. The van der Waals surface area contributed by atoms with Gasteiger partial charge in [0.25, 0.3) is 0 Å². The Balaban J connectivity index is 1.47. The molecule has 1 amide bonds. The zero-order valence-electron chi connectivity index (χ0n) is 15.5. The van der Waals surface area contributed by atoms with Gasteiger partial charge in [0.05, 0.1) is 17.8 Å². The topological polar surface area (TPSA) is 84.2 Å². The number of rotatable bonds is 7. The maximum absolute atomic E-state index is 12.1. The molecule has 7 heteroatoms. The lowest BCUT2D eigenvalue weighted by atomic mass is 9.98. The second-order valence-corrected chi connectivity index (χ2v) is 7.33. The van der Waals surface area contributed by atoms with Crippen molar-refractivity contribution in [2.24, 2.45) is 5.92 Å². The monoisotopic (exact) mass is 357 g/mol. The molecule has 0 radical (unpaired) electrons. The maximum atomic E-state index is 12.1. The SMILES string of the molecule is CC(C)Cc1noc([C@@H]2CCCN(CCC(=O)Nc3cccnc3)C2)n1. The predicted octanol–water partition coefficient (Wildman–Crippen LogP) is 2.87. The largest absolute Gasteiger partial charge is 0.339 e. The van der Waals surface area contributed by atoms with Crippen LogP contribution >= 0.6 is 0 Å². The molecule has 0 bridgehead atoms. The van der Waals surface area contributed by atoms with Crippen LogP contribution in [0.3, 0.4) is 0 Å². The Morgan fingerprint density at radius 2 is 2.35 bits per heavy atom. The van der Waals surface area contributed by atoms with Crippen LogP contribution in [0, 0.1) is 5.92 Å². The Morgan fingerprint density at radius 3 is 3.12 bits per heavy atom. The van der Waals surface area contributed by atoms with Crippen LogP contribution in [0.15, 0.2) is 29.0 Å². The van der Waals surface area contributed by atoms with Gasteiger partial charge in [-0.3, -0.25) is 9.78 Å². The zero-order valence-corrected chi connectivity index (χ0v) is 15.5. The lowest BCUT2D eigenvalue weighted by Gasteiger charge is -2.30. The number of anilines is 1. The fourth-order valence-electron chi connectivity index (χ4n) is 3.26. The summed E-state index contributed by atoms with van der Waals surface area (Å²) in [4.78, 5) is 23.0. The van der Waals surface area contributed by atoms with E-state index in [0.717, 1.165) is 56.3 Å². The van der Waals surface area contributed by atoms with Gasteiger partial charge in [0, 0.05) is 32.1 Å². The molecule has 0 saturated carbocycles. The molecule has 0 aromatic carbocycles. The van der Waals surface area contributed by atoms with Gasteiger partial charge in [0.1, 0.15) is 0 Å². The standard InChI is InChI=1S/C19H27N5O2/c1-14(2)11-17-22-19(26-23-17)15-5-4-9-24(13-15)10-7-18(25)21-16-6-3-8-20-12-16/h3,6,8,12,14-15H,4-5,7,9-11,13H2,1-2H3,(H,21,25)/t15-/m1/s1. The van der Waals surface area contributed by atoms with Crippen LogP contribution in [-0.2, 0) is 11.2 Å². The van der Waals surface area contributed by atoms with E-state index in [2.05, 4.69) is 39.2 Å². The van der Waals surface area contributed by atoms with Crippen molar-refractivity contribution >= 4 is 11.6 Å². The average molecular weight is 357 g/mol. The van der Waals surface area contributed by atoms with Gasteiger partial charge < -0.3 is 14.7 Å². The Bertz CT molecular complexity index is 701. The molecule has 2 aromatic rings. The van der Waals surface area contributed by atoms with E-state index in [0.29, 0.717) is 12.3 Å². The number of nitrogens with one attached hydrogen (secondary N) is 1. The summed E-state index contributed by atoms with van der Waals surface area (Å²) in [5, 5.41) is 6.98. The van der Waals surface area contributed by atoms with E-state index in [-0.39, 0.29) is 11.8 Å². The predicted molar refractivity (Wildman–Crippen MR) is 98.7 cm³/mol. The summed E-state index contributed by atoms with van der Waals surface area (Å²) in [5.74, 6) is 2.32. The minimum absolute atomic E-state index is 0.0112. The van der Waals surface area contributed by atoms with Gasteiger partial charge in [-0.2, -0.15) is 4.98 Å². The van der Waals surface area contributed by atoms with Crippen LogP contribution in [-0.4, -0.2) is 45.6 Å². The molecule has 1 fully saturated rings. The molecule has 3 rings (SSSR count). The van der Waals surface area contributed by atoms with Crippen LogP contribution in [0.1, 0.15) is 50.7 Å². The highest BCUT2D eigenvalue weighted by Crippen LogP contribution is 2.26. The van der Waals surface area contributed by atoms with Gasteiger partial charge in [-0.25, -0.2) is 0 Å². The molecule has 1 atom stereocenters. The number of likely N-dealkylation sites (tertiary alicyclic amines) is 1. The summed E-state index contributed by atoms with van der Waals surface area (Å²) in [5.41, 5.74) is 0.734. The number of piperidine rings is 1. The Kier molecular flexibility index (Phi) is 6.33. The first kappa shape index (κ1) is 18.5. The molecule has 1 N–H and O–H groups in total. The van der Waals surface area contributed by atoms with Crippen molar-refractivity contribution in [2.45, 2.75) is 45.4 Å². The molecule has 0 unspecified atom stereocenters. The van der Waals surface area contributed by atoms with Crippen molar-refractivity contribution < 1.29 is 9.32 Å². The van der Waals surface area contributed by atoms with Gasteiger partial charge in [0.2, 0.25) is 11.8 Å². The van der Waals surface area contributed by atoms with Crippen LogP contribution in [0.5, 0.6) is 0 Å². The fraction of sp³-hybridized carbons (Fsp3) is 0.579. The summed E-state index contributed by atoms with van der Waals surface area (Å²) in [6, 6.07) is 3.65. The quantitative estimate of drug-likeness (QED) is 0.820. The van der Waals surface area contributed by atoms with Crippen LogP contribution in [0.4, 0.5) is 5.69 Å². The number of pyridine rings is 1. The first-order chi connectivity index (χ1) is 12.6. The summed E-state index contributed by atoms with van der Waals surface area (Å²) in [6.45, 7) is 6.90. The molecule has 1 saturated heterocycles. The highest BCUT2D eigenvalue weighted by molar-refractivity contribution is 5.90. The van der Waals surface area contributed by atoms with E-state index in [4.69, 9.17) is 4.52 Å².